The first-order valence-electron chi connectivity index (χ1n) is 9.79. The van der Waals surface area contributed by atoms with E-state index in [1.165, 1.54) is 9.71 Å². The molecule has 0 spiro atoms. The zero-order valence-electron chi connectivity index (χ0n) is 16.5. The van der Waals surface area contributed by atoms with Crippen LogP contribution in [0.5, 0.6) is 0 Å². The Morgan fingerprint density at radius 2 is 2.11 bits per heavy atom. The van der Waals surface area contributed by atoms with Crippen LogP contribution in [0.1, 0.15) is 24.3 Å². The molecule has 1 unspecified atom stereocenters. The minimum Gasteiger partial charge on any atom is -0.381 e. The molecule has 1 saturated heterocycles. The Labute approximate surface area is 188 Å². The van der Waals surface area contributed by atoms with Crippen LogP contribution >= 0.6 is 35.3 Å². The topological polar surface area (TPSA) is 67.8 Å². The van der Waals surface area contributed by atoms with E-state index in [1.54, 1.807) is 18.4 Å². The number of para-hydroxylation sites is 1. The Kier molecular flexibility index (Phi) is 11.1. The van der Waals surface area contributed by atoms with Crippen molar-refractivity contribution in [1.82, 2.24) is 15.6 Å². The zero-order valence-corrected chi connectivity index (χ0v) is 19.6. The van der Waals surface area contributed by atoms with Crippen molar-refractivity contribution in [1.29, 1.82) is 0 Å². The fraction of sp³-hybridized carbons (Fsp3) is 0.600. The van der Waals surface area contributed by atoms with E-state index in [1.807, 2.05) is 6.07 Å². The van der Waals surface area contributed by atoms with Crippen molar-refractivity contribution in [2.24, 2.45) is 10.9 Å². The highest BCUT2D eigenvalue weighted by Crippen LogP contribution is 2.22. The van der Waals surface area contributed by atoms with Gasteiger partial charge in [-0.2, -0.15) is 0 Å². The number of nitrogens with one attached hydrogen (secondary N) is 2. The van der Waals surface area contributed by atoms with E-state index in [0.717, 1.165) is 76.7 Å². The quantitative estimate of drug-likeness (QED) is 0.218. The summed E-state index contributed by atoms with van der Waals surface area (Å²) in [5.74, 6) is 1.44. The molecule has 0 radical (unpaired) electrons. The summed E-state index contributed by atoms with van der Waals surface area (Å²) in [5.41, 5.74) is 1.10. The number of halogens is 1. The van der Waals surface area contributed by atoms with Crippen molar-refractivity contribution >= 4 is 51.5 Å². The van der Waals surface area contributed by atoms with E-state index in [-0.39, 0.29) is 24.0 Å². The third-order valence-corrected chi connectivity index (χ3v) is 5.65. The maximum atomic E-state index is 5.72. The summed E-state index contributed by atoms with van der Waals surface area (Å²) in [4.78, 5) is 8.95. The lowest BCUT2D eigenvalue weighted by atomic mass is 10.1. The highest BCUT2D eigenvalue weighted by Gasteiger charge is 2.15. The number of nitrogens with zero attached hydrogens (tertiary/aromatic N) is 2. The normalized spacial score (nSPS) is 16.9. The highest BCUT2D eigenvalue weighted by molar-refractivity contribution is 14.0. The molecule has 28 heavy (non-hydrogen) atoms. The summed E-state index contributed by atoms with van der Waals surface area (Å²) < 4.78 is 12.3. The first-order chi connectivity index (χ1) is 13.3. The Hall–Kier alpha value is -0.970. The van der Waals surface area contributed by atoms with Crippen LogP contribution in [0.15, 0.2) is 29.3 Å². The largest absolute Gasteiger partial charge is 0.381 e. The standard InChI is InChI=1S/C20H30N4O2S.HI/c1-21-20(23-11-5-12-25-14-16-9-13-26-15-16)22-10-4-8-19-24-17-6-2-3-7-18(17)27-19;/h2-3,6-7,16H,4-5,8-15H2,1H3,(H2,21,22,23);1H. The van der Waals surface area contributed by atoms with Gasteiger partial charge in [0.05, 0.1) is 28.4 Å². The van der Waals surface area contributed by atoms with E-state index in [9.17, 15) is 0 Å². The minimum absolute atomic E-state index is 0. The average Bonchev–Trinajstić information content (AvgIpc) is 3.35. The Morgan fingerprint density at radius 3 is 2.86 bits per heavy atom. The number of hydrogen-bond donors (Lipinski definition) is 2. The molecule has 1 aromatic carbocycles. The number of aryl methyl sites for hydroxylation is 1. The molecule has 1 atom stereocenters. The molecule has 1 aliphatic rings. The lowest BCUT2D eigenvalue weighted by molar-refractivity contribution is 0.0888. The van der Waals surface area contributed by atoms with Crippen molar-refractivity contribution in [2.45, 2.75) is 25.7 Å². The van der Waals surface area contributed by atoms with Gasteiger partial charge in [0, 0.05) is 45.7 Å². The van der Waals surface area contributed by atoms with Crippen molar-refractivity contribution in [3.8, 4) is 0 Å². The molecule has 3 rings (SSSR count). The number of aliphatic imine (C=N–C) groups is 1. The van der Waals surface area contributed by atoms with E-state index in [4.69, 9.17) is 9.47 Å². The lowest BCUT2D eigenvalue weighted by Gasteiger charge is -2.12. The van der Waals surface area contributed by atoms with Gasteiger partial charge in [-0.25, -0.2) is 4.98 Å². The maximum absolute atomic E-state index is 5.72. The minimum atomic E-state index is 0. The van der Waals surface area contributed by atoms with E-state index in [2.05, 4.69) is 38.8 Å². The molecule has 6 nitrogen and oxygen atoms in total. The van der Waals surface area contributed by atoms with Crippen LogP contribution in [-0.4, -0.2) is 57.5 Å². The summed E-state index contributed by atoms with van der Waals surface area (Å²) in [5, 5.41) is 7.91. The van der Waals surface area contributed by atoms with Gasteiger partial charge in [0.15, 0.2) is 5.96 Å². The third kappa shape index (κ3) is 7.81. The van der Waals surface area contributed by atoms with Crippen LogP contribution in [0.2, 0.25) is 0 Å². The molecule has 2 aromatic rings. The fourth-order valence-corrected chi connectivity index (χ4v) is 4.05. The molecule has 0 saturated carbocycles. The van der Waals surface area contributed by atoms with Crippen molar-refractivity contribution in [2.75, 3.05) is 46.6 Å². The predicted molar refractivity (Wildman–Crippen MR) is 127 cm³/mol. The van der Waals surface area contributed by atoms with Crippen molar-refractivity contribution in [3.05, 3.63) is 29.3 Å². The van der Waals surface area contributed by atoms with Gasteiger partial charge in [0.2, 0.25) is 0 Å². The van der Waals surface area contributed by atoms with Gasteiger partial charge in [0.1, 0.15) is 0 Å². The summed E-state index contributed by atoms with van der Waals surface area (Å²) in [6.45, 7) is 5.08. The molecule has 2 N–H and O–H groups in total. The van der Waals surface area contributed by atoms with Gasteiger partial charge in [-0.1, -0.05) is 12.1 Å². The smallest absolute Gasteiger partial charge is 0.190 e. The number of fused-ring (bicyclic) bond motifs is 1. The number of rotatable bonds is 10. The van der Waals surface area contributed by atoms with Gasteiger partial charge in [-0.15, -0.1) is 35.3 Å². The van der Waals surface area contributed by atoms with E-state index < -0.39 is 0 Å². The summed E-state index contributed by atoms with van der Waals surface area (Å²) in [6, 6.07) is 8.31. The van der Waals surface area contributed by atoms with Gasteiger partial charge >= 0.3 is 0 Å². The molecule has 1 aliphatic heterocycles. The third-order valence-electron chi connectivity index (χ3n) is 4.56. The predicted octanol–water partition coefficient (Wildman–Crippen LogP) is 3.46. The SMILES string of the molecule is CN=C(NCCCOCC1CCOC1)NCCCc1nc2ccccc2s1.I. The van der Waals surface area contributed by atoms with Gasteiger partial charge in [-0.3, -0.25) is 4.99 Å². The second-order valence-corrected chi connectivity index (χ2v) is 7.88. The molecular weight excluding hydrogens is 487 g/mol. The molecule has 0 aliphatic carbocycles. The summed E-state index contributed by atoms with van der Waals surface area (Å²) >= 11 is 1.79. The Bertz CT molecular complexity index is 686. The maximum Gasteiger partial charge on any atom is 0.190 e. The molecule has 0 amide bonds. The van der Waals surface area contributed by atoms with Crippen LogP contribution < -0.4 is 10.6 Å². The molecule has 1 aromatic heterocycles. The number of guanidine groups is 1. The monoisotopic (exact) mass is 518 g/mol. The van der Waals surface area contributed by atoms with Crippen LogP contribution in [-0.2, 0) is 15.9 Å². The highest BCUT2D eigenvalue weighted by atomic mass is 127. The number of thiazole rings is 1. The Balaban J connectivity index is 0.00000280. The molecular formula is C20H31IN4O2S. The van der Waals surface area contributed by atoms with Crippen molar-refractivity contribution < 1.29 is 9.47 Å². The van der Waals surface area contributed by atoms with E-state index >= 15 is 0 Å². The summed E-state index contributed by atoms with van der Waals surface area (Å²) in [7, 11) is 1.81. The fourth-order valence-electron chi connectivity index (χ4n) is 3.04. The van der Waals surface area contributed by atoms with Gasteiger partial charge in [0.25, 0.3) is 0 Å². The number of aromatic nitrogens is 1. The second kappa shape index (κ2) is 13.3. The van der Waals surface area contributed by atoms with Crippen LogP contribution in [0.4, 0.5) is 0 Å². The molecule has 156 valence electrons. The van der Waals surface area contributed by atoms with Gasteiger partial charge in [-0.05, 0) is 31.4 Å². The zero-order chi connectivity index (χ0) is 18.7. The lowest BCUT2D eigenvalue weighted by Crippen LogP contribution is -2.38. The van der Waals surface area contributed by atoms with Crippen LogP contribution in [0.25, 0.3) is 10.2 Å². The number of hydrogen-bond acceptors (Lipinski definition) is 5. The molecule has 1 fully saturated rings. The Morgan fingerprint density at radius 1 is 1.29 bits per heavy atom. The molecule has 2 heterocycles. The second-order valence-electron chi connectivity index (χ2n) is 6.76. The van der Waals surface area contributed by atoms with Gasteiger partial charge < -0.3 is 20.1 Å². The first-order valence-corrected chi connectivity index (χ1v) is 10.6. The number of ether oxygens (including phenoxy) is 2. The van der Waals surface area contributed by atoms with Crippen LogP contribution in [0.3, 0.4) is 0 Å². The first kappa shape index (κ1) is 23.3. The summed E-state index contributed by atoms with van der Waals surface area (Å²) in [6.07, 6.45) is 4.13. The average molecular weight is 518 g/mol. The molecule has 8 heteroatoms. The number of benzene rings is 1. The van der Waals surface area contributed by atoms with Crippen LogP contribution in [0, 0.1) is 5.92 Å². The molecule has 0 bridgehead atoms. The van der Waals surface area contributed by atoms with Crippen molar-refractivity contribution in [3.63, 3.8) is 0 Å². The van der Waals surface area contributed by atoms with E-state index in [0.29, 0.717) is 5.92 Å².